The number of carbonyl (C=O) groups is 1. The van der Waals surface area contributed by atoms with Gasteiger partial charge in [0.25, 0.3) is 0 Å². The number of hydrogen-bond donors (Lipinski definition) is 0. The number of carbonyl (C=O) groups excluding carboxylic acids is 1. The summed E-state index contributed by atoms with van der Waals surface area (Å²) in [4.78, 5) is 16.2. The summed E-state index contributed by atoms with van der Waals surface area (Å²) in [5.41, 5.74) is 1.04. The molecule has 1 heterocycles. The number of rotatable bonds is 5. The molecule has 1 saturated heterocycles. The Balaban J connectivity index is 2.11. The van der Waals surface area contributed by atoms with Crippen LogP contribution in [0.25, 0.3) is 0 Å². The molecule has 0 aliphatic carbocycles. The smallest absolute Gasteiger partial charge is 0.223 e. The van der Waals surface area contributed by atoms with E-state index in [0.717, 1.165) is 24.1 Å². The molecule has 6 nitrogen and oxygen atoms in total. The van der Waals surface area contributed by atoms with E-state index in [1.165, 1.54) is 0 Å². The van der Waals surface area contributed by atoms with Crippen molar-refractivity contribution in [3.63, 3.8) is 0 Å². The van der Waals surface area contributed by atoms with Gasteiger partial charge in [0.15, 0.2) is 0 Å². The van der Waals surface area contributed by atoms with Crippen LogP contribution in [0.3, 0.4) is 0 Å². The van der Waals surface area contributed by atoms with Crippen LogP contribution >= 0.6 is 0 Å². The van der Waals surface area contributed by atoms with E-state index in [2.05, 4.69) is 4.90 Å². The number of piperazine rings is 1. The summed E-state index contributed by atoms with van der Waals surface area (Å²) in [5.74, 6) is 0.593. The summed E-state index contributed by atoms with van der Waals surface area (Å²) in [7, 11) is 0.536. The van der Waals surface area contributed by atoms with E-state index < -0.39 is 9.84 Å². The largest absolute Gasteiger partial charge is 0.496 e. The highest BCUT2D eigenvalue weighted by Crippen LogP contribution is 2.31. The monoisotopic (exact) mass is 340 g/mol. The highest BCUT2D eigenvalue weighted by Gasteiger charge is 2.30. The summed E-state index contributed by atoms with van der Waals surface area (Å²) in [6.07, 6.45) is 1.20. The zero-order chi connectivity index (χ0) is 17.0. The topological polar surface area (TPSA) is 66.9 Å². The highest BCUT2D eigenvalue weighted by molar-refractivity contribution is 7.90. The van der Waals surface area contributed by atoms with Gasteiger partial charge in [0.2, 0.25) is 5.91 Å². The lowest BCUT2D eigenvalue weighted by Gasteiger charge is -2.40. The number of sulfone groups is 1. The van der Waals surface area contributed by atoms with Crippen LogP contribution < -0.4 is 4.74 Å². The summed E-state index contributed by atoms with van der Waals surface area (Å²) in [5, 5.41) is 0. The maximum Gasteiger partial charge on any atom is 0.223 e. The van der Waals surface area contributed by atoms with Gasteiger partial charge in [-0.05, 0) is 13.1 Å². The lowest BCUT2D eigenvalue weighted by atomic mass is 10.0. The zero-order valence-corrected chi connectivity index (χ0v) is 14.7. The van der Waals surface area contributed by atoms with Gasteiger partial charge in [-0.25, -0.2) is 8.42 Å². The van der Waals surface area contributed by atoms with Gasteiger partial charge in [-0.2, -0.15) is 0 Å². The van der Waals surface area contributed by atoms with Gasteiger partial charge < -0.3 is 9.64 Å². The first kappa shape index (κ1) is 17.7. The molecule has 0 bridgehead atoms. The molecule has 2 rings (SSSR count). The van der Waals surface area contributed by atoms with Gasteiger partial charge >= 0.3 is 0 Å². The van der Waals surface area contributed by atoms with Crippen LogP contribution in [0.4, 0.5) is 0 Å². The molecule has 1 aromatic rings. The van der Waals surface area contributed by atoms with Crippen molar-refractivity contribution in [3.8, 4) is 5.75 Å². The number of hydrogen-bond acceptors (Lipinski definition) is 5. The van der Waals surface area contributed by atoms with Crippen molar-refractivity contribution in [3.05, 3.63) is 29.8 Å². The molecule has 23 heavy (non-hydrogen) atoms. The molecule has 0 spiro atoms. The maximum atomic E-state index is 12.3. The number of methoxy groups -OCH3 is 1. The third kappa shape index (κ3) is 4.68. The van der Waals surface area contributed by atoms with E-state index in [0.29, 0.717) is 13.1 Å². The fourth-order valence-corrected chi connectivity index (χ4v) is 3.35. The average molecular weight is 340 g/mol. The van der Waals surface area contributed by atoms with Crippen LogP contribution in [0.15, 0.2) is 24.3 Å². The van der Waals surface area contributed by atoms with Gasteiger partial charge in [-0.15, -0.1) is 0 Å². The molecule has 7 heteroatoms. The molecule has 1 aliphatic rings. The number of ether oxygens (including phenoxy) is 1. The number of nitrogens with zero attached hydrogens (tertiary/aromatic N) is 2. The van der Waals surface area contributed by atoms with E-state index >= 15 is 0 Å². The Morgan fingerprint density at radius 2 is 2.00 bits per heavy atom. The summed E-state index contributed by atoms with van der Waals surface area (Å²) >= 11 is 0. The second kappa shape index (κ2) is 7.31. The van der Waals surface area contributed by atoms with Gasteiger partial charge in [0.05, 0.1) is 18.9 Å². The fourth-order valence-electron chi connectivity index (χ4n) is 2.81. The van der Waals surface area contributed by atoms with E-state index in [1.807, 2.05) is 31.3 Å². The normalized spacial score (nSPS) is 19.6. The van der Waals surface area contributed by atoms with Gasteiger partial charge in [-0.1, -0.05) is 18.2 Å². The van der Waals surface area contributed by atoms with Crippen molar-refractivity contribution in [2.75, 3.05) is 45.8 Å². The molecule has 1 aromatic carbocycles. The Morgan fingerprint density at radius 1 is 1.30 bits per heavy atom. The zero-order valence-electron chi connectivity index (χ0n) is 13.9. The Hall–Kier alpha value is -1.60. The number of amides is 1. The van der Waals surface area contributed by atoms with Crippen LogP contribution in [-0.4, -0.2) is 69.9 Å². The molecule has 0 saturated carbocycles. The molecule has 1 fully saturated rings. The highest BCUT2D eigenvalue weighted by atomic mass is 32.2. The predicted molar refractivity (Wildman–Crippen MR) is 89.3 cm³/mol. The van der Waals surface area contributed by atoms with E-state index in [-0.39, 0.29) is 24.1 Å². The molecule has 0 radical (unpaired) electrons. The van der Waals surface area contributed by atoms with Crippen molar-refractivity contribution in [1.29, 1.82) is 0 Å². The first-order valence-electron chi connectivity index (χ1n) is 7.60. The van der Waals surface area contributed by atoms with Crippen LogP contribution in [0.2, 0.25) is 0 Å². The third-order valence-corrected chi connectivity index (χ3v) is 5.13. The number of para-hydroxylation sites is 1. The van der Waals surface area contributed by atoms with Crippen molar-refractivity contribution in [2.24, 2.45) is 0 Å². The van der Waals surface area contributed by atoms with Crippen molar-refractivity contribution >= 4 is 15.7 Å². The minimum Gasteiger partial charge on any atom is -0.496 e. The first-order chi connectivity index (χ1) is 10.8. The lowest BCUT2D eigenvalue weighted by molar-refractivity contribution is -0.133. The lowest BCUT2D eigenvalue weighted by Crippen LogP contribution is -2.49. The van der Waals surface area contributed by atoms with Crippen molar-refractivity contribution in [2.45, 2.75) is 12.5 Å². The molecule has 0 aromatic heterocycles. The Bertz CT molecular complexity index is 660. The summed E-state index contributed by atoms with van der Waals surface area (Å²) in [6, 6.07) is 7.83. The van der Waals surface area contributed by atoms with E-state index in [4.69, 9.17) is 4.74 Å². The first-order valence-corrected chi connectivity index (χ1v) is 9.66. The molecule has 1 amide bonds. The van der Waals surface area contributed by atoms with Crippen LogP contribution in [0.1, 0.15) is 18.0 Å². The molecule has 0 N–H and O–H groups in total. The van der Waals surface area contributed by atoms with Crippen LogP contribution in [0, 0.1) is 0 Å². The fraction of sp³-hybridized carbons (Fsp3) is 0.562. The third-order valence-electron chi connectivity index (χ3n) is 4.19. The van der Waals surface area contributed by atoms with Gasteiger partial charge in [0.1, 0.15) is 15.6 Å². The van der Waals surface area contributed by atoms with Crippen molar-refractivity contribution in [1.82, 2.24) is 9.80 Å². The molecule has 1 aliphatic heterocycles. The molecular weight excluding hydrogens is 316 g/mol. The quantitative estimate of drug-likeness (QED) is 0.798. The van der Waals surface area contributed by atoms with E-state index in [9.17, 15) is 13.2 Å². The van der Waals surface area contributed by atoms with E-state index in [1.54, 1.807) is 12.0 Å². The standard InChI is InChI=1S/C16H24N2O4S/c1-17-9-10-18(16(19)8-11-23(3,20)21)12-14(17)13-6-4-5-7-15(13)22-2/h4-7,14H,8-12H2,1-3H3. The predicted octanol–water partition coefficient (Wildman–Crippen LogP) is 0.945. The van der Waals surface area contributed by atoms with Crippen LogP contribution in [0.5, 0.6) is 5.75 Å². The van der Waals surface area contributed by atoms with Gasteiger partial charge in [0, 0.05) is 37.9 Å². The molecular formula is C16H24N2O4S. The molecule has 1 atom stereocenters. The van der Waals surface area contributed by atoms with Crippen molar-refractivity contribution < 1.29 is 17.9 Å². The van der Waals surface area contributed by atoms with Crippen LogP contribution in [-0.2, 0) is 14.6 Å². The second-order valence-corrected chi connectivity index (χ2v) is 8.22. The Kier molecular flexibility index (Phi) is 5.64. The SMILES string of the molecule is COc1ccccc1C1CN(C(=O)CCS(C)(=O)=O)CCN1C. The summed E-state index contributed by atoms with van der Waals surface area (Å²) < 4.78 is 27.9. The van der Waals surface area contributed by atoms with Gasteiger partial charge in [-0.3, -0.25) is 9.69 Å². The summed E-state index contributed by atoms with van der Waals surface area (Å²) in [6.45, 7) is 1.90. The Labute approximate surface area is 137 Å². The molecule has 128 valence electrons. The number of likely N-dealkylation sites (N-methyl/N-ethyl adjacent to an activating group) is 1. The minimum absolute atomic E-state index is 0.0428. The Morgan fingerprint density at radius 3 is 2.65 bits per heavy atom. The maximum absolute atomic E-state index is 12.3. The molecule has 1 unspecified atom stereocenters. The second-order valence-electron chi connectivity index (χ2n) is 5.96. The minimum atomic E-state index is -3.12. The average Bonchev–Trinajstić information content (AvgIpc) is 2.52. The number of benzene rings is 1.